The molecule has 0 radical (unpaired) electrons. The second kappa shape index (κ2) is 9.00. The molecule has 0 bridgehead atoms. The Morgan fingerprint density at radius 3 is 2.36 bits per heavy atom. The summed E-state index contributed by atoms with van der Waals surface area (Å²) in [6.07, 6.45) is 7.84. The van der Waals surface area contributed by atoms with E-state index in [2.05, 4.69) is 6.92 Å². The molecule has 3 heteroatoms. The van der Waals surface area contributed by atoms with Crippen molar-refractivity contribution >= 4 is 5.97 Å². The Balaban J connectivity index is 3.02. The van der Waals surface area contributed by atoms with Crippen LogP contribution < -0.4 is 5.73 Å². The highest BCUT2D eigenvalue weighted by Crippen LogP contribution is 2.08. The van der Waals surface area contributed by atoms with Gasteiger partial charge in [-0.3, -0.25) is 4.79 Å². The van der Waals surface area contributed by atoms with Crippen molar-refractivity contribution in [3.63, 3.8) is 0 Å². The van der Waals surface area contributed by atoms with Crippen LogP contribution in [0.2, 0.25) is 0 Å². The second-order valence-corrected chi connectivity index (χ2v) is 3.87. The third kappa shape index (κ3) is 9.52. The van der Waals surface area contributed by atoms with Gasteiger partial charge in [0.05, 0.1) is 0 Å². The quantitative estimate of drug-likeness (QED) is 0.563. The van der Waals surface area contributed by atoms with Gasteiger partial charge >= 0.3 is 5.97 Å². The van der Waals surface area contributed by atoms with Gasteiger partial charge in [0.25, 0.3) is 0 Å². The average molecular weight is 201 g/mol. The van der Waals surface area contributed by atoms with Gasteiger partial charge < -0.3 is 10.8 Å². The Morgan fingerprint density at radius 2 is 1.79 bits per heavy atom. The van der Waals surface area contributed by atoms with E-state index in [-0.39, 0.29) is 0 Å². The summed E-state index contributed by atoms with van der Waals surface area (Å²) >= 11 is 0. The summed E-state index contributed by atoms with van der Waals surface area (Å²) in [6.45, 7) is 2.11. The van der Waals surface area contributed by atoms with Crippen LogP contribution in [0.15, 0.2) is 0 Å². The molecular formula is C11H23NO2. The molecule has 0 rings (SSSR count). The first kappa shape index (κ1) is 13.4. The maximum Gasteiger partial charge on any atom is 0.303 e. The first-order chi connectivity index (χ1) is 6.66. The third-order valence-corrected chi connectivity index (χ3v) is 2.49. The van der Waals surface area contributed by atoms with Crippen LogP contribution in [0.4, 0.5) is 0 Å². The molecule has 0 amide bonds. The van der Waals surface area contributed by atoms with E-state index in [0.717, 1.165) is 32.1 Å². The molecule has 0 aliphatic carbocycles. The molecule has 84 valence electrons. The Labute approximate surface area is 86.7 Å². The minimum Gasteiger partial charge on any atom is -0.481 e. The van der Waals surface area contributed by atoms with E-state index in [0.29, 0.717) is 12.5 Å². The van der Waals surface area contributed by atoms with E-state index in [1.54, 1.807) is 0 Å². The highest BCUT2D eigenvalue weighted by Gasteiger charge is 1.99. The van der Waals surface area contributed by atoms with E-state index in [9.17, 15) is 4.79 Å². The van der Waals surface area contributed by atoms with Crippen LogP contribution in [-0.2, 0) is 4.79 Å². The van der Waals surface area contributed by atoms with Gasteiger partial charge in [-0.1, -0.05) is 32.6 Å². The van der Waals surface area contributed by atoms with Crippen LogP contribution in [0, 0.1) is 0 Å². The molecule has 14 heavy (non-hydrogen) atoms. The van der Waals surface area contributed by atoms with E-state index in [1.165, 1.54) is 12.8 Å². The fraction of sp³-hybridized carbons (Fsp3) is 0.909. The zero-order chi connectivity index (χ0) is 10.8. The number of hydrogen-bond donors (Lipinski definition) is 2. The molecule has 3 nitrogen and oxygen atoms in total. The van der Waals surface area contributed by atoms with Gasteiger partial charge in [0.15, 0.2) is 0 Å². The SMILES string of the molecule is CC[C@@H](N)CCCCCCCC(=O)O. The summed E-state index contributed by atoms with van der Waals surface area (Å²) in [5.41, 5.74) is 5.78. The molecule has 0 saturated heterocycles. The number of carboxylic acids is 1. The van der Waals surface area contributed by atoms with Gasteiger partial charge in [0, 0.05) is 12.5 Å². The molecule has 0 aromatic rings. The lowest BCUT2D eigenvalue weighted by atomic mass is 10.0. The first-order valence-corrected chi connectivity index (χ1v) is 5.64. The summed E-state index contributed by atoms with van der Waals surface area (Å²) in [5, 5.41) is 8.40. The van der Waals surface area contributed by atoms with Crippen LogP contribution in [0.1, 0.15) is 58.3 Å². The molecule has 0 aromatic carbocycles. The Morgan fingerprint density at radius 1 is 1.21 bits per heavy atom. The van der Waals surface area contributed by atoms with Crippen LogP contribution in [0.5, 0.6) is 0 Å². The molecule has 0 aliphatic rings. The number of unbranched alkanes of at least 4 members (excludes halogenated alkanes) is 4. The summed E-state index contributed by atoms with van der Waals surface area (Å²) < 4.78 is 0. The number of hydrogen-bond acceptors (Lipinski definition) is 2. The molecule has 0 heterocycles. The lowest BCUT2D eigenvalue weighted by molar-refractivity contribution is -0.137. The topological polar surface area (TPSA) is 63.3 Å². The van der Waals surface area contributed by atoms with Gasteiger partial charge in [-0.25, -0.2) is 0 Å². The molecule has 0 spiro atoms. The highest BCUT2D eigenvalue weighted by molar-refractivity contribution is 5.66. The van der Waals surface area contributed by atoms with E-state index >= 15 is 0 Å². The number of rotatable bonds is 9. The lowest BCUT2D eigenvalue weighted by Crippen LogP contribution is -2.17. The molecule has 0 fully saturated rings. The fourth-order valence-corrected chi connectivity index (χ4v) is 1.42. The Kier molecular flexibility index (Phi) is 8.64. The Bertz CT molecular complexity index is 148. The van der Waals surface area contributed by atoms with Gasteiger partial charge in [-0.2, -0.15) is 0 Å². The molecule has 0 unspecified atom stereocenters. The maximum atomic E-state index is 10.2. The smallest absolute Gasteiger partial charge is 0.303 e. The summed E-state index contributed by atoms with van der Waals surface area (Å²) in [7, 11) is 0. The van der Waals surface area contributed by atoms with Crippen LogP contribution in [0.25, 0.3) is 0 Å². The zero-order valence-corrected chi connectivity index (χ0v) is 9.17. The maximum absolute atomic E-state index is 10.2. The third-order valence-electron chi connectivity index (χ3n) is 2.49. The molecule has 1 atom stereocenters. The first-order valence-electron chi connectivity index (χ1n) is 5.64. The van der Waals surface area contributed by atoms with Crippen molar-refractivity contribution in [2.75, 3.05) is 0 Å². The van der Waals surface area contributed by atoms with Crippen molar-refractivity contribution < 1.29 is 9.90 Å². The predicted octanol–water partition coefficient (Wildman–Crippen LogP) is 2.54. The van der Waals surface area contributed by atoms with Gasteiger partial charge in [-0.15, -0.1) is 0 Å². The fourth-order valence-electron chi connectivity index (χ4n) is 1.42. The van der Waals surface area contributed by atoms with Crippen molar-refractivity contribution in [3.8, 4) is 0 Å². The standard InChI is InChI=1S/C11H23NO2/c1-2-10(12)8-6-4-3-5-7-9-11(13)14/h10H,2-9,12H2,1H3,(H,13,14)/t10-/m1/s1. The number of nitrogens with two attached hydrogens (primary N) is 1. The number of carbonyl (C=O) groups is 1. The summed E-state index contributed by atoms with van der Waals surface area (Å²) in [6, 6.07) is 0.356. The van der Waals surface area contributed by atoms with Crippen molar-refractivity contribution in [1.82, 2.24) is 0 Å². The Hall–Kier alpha value is -0.570. The summed E-state index contributed by atoms with van der Waals surface area (Å²) in [5.74, 6) is -0.682. The minimum atomic E-state index is -0.682. The zero-order valence-electron chi connectivity index (χ0n) is 9.17. The molecule has 0 aromatic heterocycles. The average Bonchev–Trinajstić information content (AvgIpc) is 2.15. The monoisotopic (exact) mass is 201 g/mol. The van der Waals surface area contributed by atoms with Crippen LogP contribution in [0.3, 0.4) is 0 Å². The predicted molar refractivity (Wildman–Crippen MR) is 58.2 cm³/mol. The van der Waals surface area contributed by atoms with Gasteiger partial charge in [-0.05, 0) is 19.3 Å². The number of carboxylic acid groups (broad SMARTS) is 1. The van der Waals surface area contributed by atoms with E-state index in [4.69, 9.17) is 10.8 Å². The molecule has 0 saturated carbocycles. The van der Waals surface area contributed by atoms with Crippen molar-refractivity contribution in [1.29, 1.82) is 0 Å². The highest BCUT2D eigenvalue weighted by atomic mass is 16.4. The van der Waals surface area contributed by atoms with Gasteiger partial charge in [0.1, 0.15) is 0 Å². The van der Waals surface area contributed by atoms with Crippen LogP contribution >= 0.6 is 0 Å². The van der Waals surface area contributed by atoms with Crippen molar-refractivity contribution in [2.24, 2.45) is 5.73 Å². The minimum absolute atomic E-state index is 0.314. The second-order valence-electron chi connectivity index (χ2n) is 3.87. The summed E-state index contributed by atoms with van der Waals surface area (Å²) in [4.78, 5) is 10.2. The molecular weight excluding hydrogens is 178 g/mol. The van der Waals surface area contributed by atoms with E-state index < -0.39 is 5.97 Å². The molecule has 0 aliphatic heterocycles. The van der Waals surface area contributed by atoms with Crippen molar-refractivity contribution in [2.45, 2.75) is 64.3 Å². The van der Waals surface area contributed by atoms with Crippen molar-refractivity contribution in [3.05, 3.63) is 0 Å². The molecule has 3 N–H and O–H groups in total. The lowest BCUT2D eigenvalue weighted by Gasteiger charge is -2.07. The largest absolute Gasteiger partial charge is 0.481 e. The van der Waals surface area contributed by atoms with E-state index in [1.807, 2.05) is 0 Å². The van der Waals surface area contributed by atoms with Crippen LogP contribution in [-0.4, -0.2) is 17.1 Å². The number of aliphatic carboxylic acids is 1. The normalized spacial score (nSPS) is 12.7. The van der Waals surface area contributed by atoms with Gasteiger partial charge in [0.2, 0.25) is 0 Å².